The summed E-state index contributed by atoms with van der Waals surface area (Å²) in [6, 6.07) is 10.4. The first-order chi connectivity index (χ1) is 10.7. The summed E-state index contributed by atoms with van der Waals surface area (Å²) < 4.78 is 0. The van der Waals surface area contributed by atoms with Gasteiger partial charge in [0.15, 0.2) is 0 Å². The van der Waals surface area contributed by atoms with Gasteiger partial charge in [-0.3, -0.25) is 0 Å². The summed E-state index contributed by atoms with van der Waals surface area (Å²) in [4.78, 5) is 0. The van der Waals surface area contributed by atoms with Gasteiger partial charge in [0.05, 0.1) is 0 Å². The molecule has 110 valence electrons. The molecule has 0 radical (unpaired) electrons. The average Bonchev–Trinajstić information content (AvgIpc) is 2.81. The Morgan fingerprint density at radius 3 is 2.55 bits per heavy atom. The van der Waals surface area contributed by atoms with Gasteiger partial charge in [0.1, 0.15) is 0 Å². The fourth-order valence-electron chi connectivity index (χ4n) is 2.35. The maximum absolute atomic E-state index is 4.03. The molecule has 0 saturated heterocycles. The molecule has 0 spiro atoms. The van der Waals surface area contributed by atoms with Gasteiger partial charge in [-0.1, -0.05) is 72.9 Å². The third-order valence-electron chi connectivity index (χ3n) is 3.47. The molecule has 0 nitrogen and oxygen atoms in total. The second-order valence-electron chi connectivity index (χ2n) is 5.42. The largest absolute Gasteiger partial charge is 0.113 e. The number of allylic oxidation sites excluding steroid dienone is 10. The minimum absolute atomic E-state index is 0.874. The van der Waals surface area contributed by atoms with Crippen molar-refractivity contribution in [3.63, 3.8) is 0 Å². The molecule has 0 aromatic heterocycles. The summed E-state index contributed by atoms with van der Waals surface area (Å²) in [6.07, 6.45) is 15.2. The molecule has 1 aromatic carbocycles. The van der Waals surface area contributed by atoms with Crippen LogP contribution >= 0.6 is 0 Å². The third kappa shape index (κ3) is 4.22. The summed E-state index contributed by atoms with van der Waals surface area (Å²) in [6.45, 7) is 8.29. The van der Waals surface area contributed by atoms with Crippen molar-refractivity contribution in [1.29, 1.82) is 0 Å². The van der Waals surface area contributed by atoms with E-state index in [1.54, 1.807) is 0 Å². The van der Waals surface area contributed by atoms with Crippen molar-refractivity contribution >= 4 is 5.57 Å². The van der Waals surface area contributed by atoms with Crippen LogP contribution in [-0.4, -0.2) is 0 Å². The van der Waals surface area contributed by atoms with Crippen LogP contribution in [0.2, 0.25) is 0 Å². The number of benzene rings is 1. The highest BCUT2D eigenvalue weighted by Crippen LogP contribution is 2.29. The Morgan fingerprint density at radius 2 is 1.86 bits per heavy atom. The van der Waals surface area contributed by atoms with E-state index in [2.05, 4.69) is 68.7 Å². The van der Waals surface area contributed by atoms with Gasteiger partial charge in [-0.15, -0.1) is 5.73 Å². The fourth-order valence-corrected chi connectivity index (χ4v) is 2.35. The van der Waals surface area contributed by atoms with E-state index in [1.807, 2.05) is 30.4 Å². The predicted molar refractivity (Wildman–Crippen MR) is 97.5 cm³/mol. The quantitative estimate of drug-likeness (QED) is 0.344. The Labute approximate surface area is 133 Å². The van der Waals surface area contributed by atoms with E-state index in [0.29, 0.717) is 0 Å². The molecule has 0 heterocycles. The maximum atomic E-state index is 4.03. The monoisotopic (exact) mass is 286 g/mol. The molecule has 0 saturated carbocycles. The lowest BCUT2D eigenvalue weighted by atomic mass is 9.91. The van der Waals surface area contributed by atoms with E-state index in [9.17, 15) is 0 Å². The third-order valence-corrected chi connectivity index (χ3v) is 3.47. The zero-order valence-corrected chi connectivity index (χ0v) is 13.3. The van der Waals surface area contributed by atoms with Gasteiger partial charge in [-0.2, -0.15) is 0 Å². The fraction of sp³-hybridized carbons (Fsp3) is 0.136. The van der Waals surface area contributed by atoms with Crippen molar-refractivity contribution in [3.05, 3.63) is 107 Å². The standard InChI is InChI=1S/C22H22/c1-4-21(19-12-10-7-11-13-19)22(17-16-18(2)3)20-14-8-5-6-9-15-20/h4-14,16H,1,17H2,2-3H3/b22-21-. The van der Waals surface area contributed by atoms with Crippen molar-refractivity contribution in [2.24, 2.45) is 0 Å². The topological polar surface area (TPSA) is 0 Å². The van der Waals surface area contributed by atoms with Gasteiger partial charge in [-0.05, 0) is 49.1 Å². The van der Waals surface area contributed by atoms with Gasteiger partial charge < -0.3 is 0 Å². The maximum Gasteiger partial charge on any atom is 0.0205 e. The van der Waals surface area contributed by atoms with Crippen LogP contribution in [0, 0.1) is 0 Å². The number of hydrogen-bond donors (Lipinski definition) is 0. The lowest BCUT2D eigenvalue weighted by molar-refractivity contribution is 1.20. The molecule has 0 fully saturated rings. The Bertz CT molecular complexity index is 709. The molecule has 2 rings (SSSR count). The predicted octanol–water partition coefficient (Wildman–Crippen LogP) is 6.19. The van der Waals surface area contributed by atoms with Gasteiger partial charge >= 0.3 is 0 Å². The van der Waals surface area contributed by atoms with Gasteiger partial charge in [0.2, 0.25) is 0 Å². The van der Waals surface area contributed by atoms with Crippen LogP contribution in [0.4, 0.5) is 0 Å². The van der Waals surface area contributed by atoms with Crippen LogP contribution in [0.1, 0.15) is 25.8 Å². The smallest absolute Gasteiger partial charge is 0.0205 e. The Kier molecular flexibility index (Phi) is 5.77. The van der Waals surface area contributed by atoms with E-state index >= 15 is 0 Å². The first kappa shape index (κ1) is 15.8. The number of rotatable bonds is 5. The molecule has 22 heavy (non-hydrogen) atoms. The van der Waals surface area contributed by atoms with Crippen LogP contribution in [-0.2, 0) is 0 Å². The van der Waals surface area contributed by atoms with Crippen LogP contribution in [0.15, 0.2) is 102 Å². The highest BCUT2D eigenvalue weighted by atomic mass is 14.1. The van der Waals surface area contributed by atoms with Crippen molar-refractivity contribution in [1.82, 2.24) is 0 Å². The molecule has 0 bridgehead atoms. The zero-order valence-electron chi connectivity index (χ0n) is 13.3. The molecular formula is C22H22. The van der Waals surface area contributed by atoms with E-state index < -0.39 is 0 Å². The average molecular weight is 286 g/mol. The minimum Gasteiger partial charge on any atom is -0.113 e. The van der Waals surface area contributed by atoms with Crippen molar-refractivity contribution < 1.29 is 0 Å². The van der Waals surface area contributed by atoms with Crippen molar-refractivity contribution in [2.75, 3.05) is 0 Å². The Morgan fingerprint density at radius 1 is 1.09 bits per heavy atom. The van der Waals surface area contributed by atoms with Crippen LogP contribution < -0.4 is 0 Å². The summed E-state index contributed by atoms with van der Waals surface area (Å²) in [5.41, 5.74) is 9.40. The first-order valence-corrected chi connectivity index (χ1v) is 7.57. The Hall–Kier alpha value is -2.56. The first-order valence-electron chi connectivity index (χ1n) is 7.57. The summed E-state index contributed by atoms with van der Waals surface area (Å²) in [7, 11) is 0. The SMILES string of the molecule is C=C/C(=C(\CC=C(C)C)C1=C=CC=CC=C1)c1ccccc1. The van der Waals surface area contributed by atoms with Crippen LogP contribution in [0.25, 0.3) is 5.57 Å². The highest BCUT2D eigenvalue weighted by Gasteiger charge is 2.09. The minimum atomic E-state index is 0.874. The molecule has 1 aromatic rings. The molecule has 0 unspecified atom stereocenters. The molecule has 0 N–H and O–H groups in total. The van der Waals surface area contributed by atoms with E-state index in [4.69, 9.17) is 0 Å². The molecule has 0 aliphatic heterocycles. The van der Waals surface area contributed by atoms with E-state index in [-0.39, 0.29) is 0 Å². The van der Waals surface area contributed by atoms with Gasteiger partial charge in [0, 0.05) is 5.57 Å². The van der Waals surface area contributed by atoms with Crippen LogP contribution in [0.5, 0.6) is 0 Å². The number of hydrogen-bond acceptors (Lipinski definition) is 0. The molecule has 1 aliphatic carbocycles. The molecule has 0 amide bonds. The highest BCUT2D eigenvalue weighted by molar-refractivity contribution is 5.80. The molecule has 0 atom stereocenters. The second kappa shape index (κ2) is 8.02. The normalized spacial score (nSPS) is 14.0. The van der Waals surface area contributed by atoms with Crippen molar-refractivity contribution in [2.45, 2.75) is 20.3 Å². The van der Waals surface area contributed by atoms with E-state index in [1.165, 1.54) is 22.3 Å². The Balaban J connectivity index is 2.60. The lowest BCUT2D eigenvalue weighted by Crippen LogP contribution is -1.93. The second-order valence-corrected chi connectivity index (χ2v) is 5.42. The lowest BCUT2D eigenvalue weighted by Gasteiger charge is -2.12. The van der Waals surface area contributed by atoms with E-state index in [0.717, 1.165) is 12.0 Å². The summed E-state index contributed by atoms with van der Waals surface area (Å²) in [5.74, 6) is 0. The van der Waals surface area contributed by atoms with Crippen LogP contribution in [0.3, 0.4) is 0 Å². The summed E-state index contributed by atoms with van der Waals surface area (Å²) >= 11 is 0. The zero-order chi connectivity index (χ0) is 15.8. The molecule has 0 heteroatoms. The van der Waals surface area contributed by atoms with Gasteiger partial charge in [0.25, 0.3) is 0 Å². The van der Waals surface area contributed by atoms with Gasteiger partial charge in [-0.25, -0.2) is 0 Å². The molecule has 1 aliphatic rings. The van der Waals surface area contributed by atoms with Crippen molar-refractivity contribution in [3.8, 4) is 0 Å². The molecular weight excluding hydrogens is 264 g/mol. The summed E-state index contributed by atoms with van der Waals surface area (Å²) in [5, 5.41) is 0.